The lowest BCUT2D eigenvalue weighted by Gasteiger charge is -2.02. The molecule has 0 aliphatic heterocycles. The van der Waals surface area contributed by atoms with Crippen molar-refractivity contribution in [1.29, 1.82) is 0 Å². The van der Waals surface area contributed by atoms with Gasteiger partial charge in [0.2, 0.25) is 5.91 Å². The van der Waals surface area contributed by atoms with Crippen LogP contribution in [0.5, 0.6) is 5.75 Å². The van der Waals surface area contributed by atoms with E-state index in [9.17, 15) is 24.8 Å². The van der Waals surface area contributed by atoms with Gasteiger partial charge in [-0.15, -0.1) is 0 Å². The van der Waals surface area contributed by atoms with Gasteiger partial charge in [-0.1, -0.05) is 12.1 Å². The lowest BCUT2D eigenvalue weighted by atomic mass is 10.2. The van der Waals surface area contributed by atoms with Crippen LogP contribution in [0.3, 0.4) is 0 Å². The molecule has 0 fully saturated rings. The zero-order chi connectivity index (χ0) is 20.1. The molecule has 0 spiro atoms. The molecule has 3 aromatic rings. The van der Waals surface area contributed by atoms with Gasteiger partial charge in [0.25, 0.3) is 5.56 Å². The Morgan fingerprint density at radius 2 is 2.11 bits per heavy atom. The van der Waals surface area contributed by atoms with Crippen molar-refractivity contribution in [1.82, 2.24) is 15.4 Å². The van der Waals surface area contributed by atoms with Crippen LogP contribution in [-0.2, 0) is 11.2 Å². The van der Waals surface area contributed by atoms with Crippen LogP contribution < -0.4 is 11.0 Å². The van der Waals surface area contributed by atoms with Gasteiger partial charge in [0.15, 0.2) is 5.75 Å². The number of nitrogens with one attached hydrogen (secondary N) is 2. The Balaban J connectivity index is 1.60. The quantitative estimate of drug-likeness (QED) is 0.335. The third-order valence-corrected chi connectivity index (χ3v) is 3.86. The topological polar surface area (TPSA) is 151 Å². The minimum absolute atomic E-state index is 0.0124. The maximum Gasteiger partial charge on any atom is 0.311 e. The van der Waals surface area contributed by atoms with Crippen molar-refractivity contribution in [2.45, 2.75) is 12.8 Å². The van der Waals surface area contributed by atoms with Crippen LogP contribution in [-0.4, -0.2) is 32.1 Å². The van der Waals surface area contributed by atoms with Crippen LogP contribution >= 0.6 is 0 Å². The molecular weight excluding hydrogens is 366 g/mol. The van der Waals surface area contributed by atoms with E-state index in [1.165, 1.54) is 18.3 Å². The third-order valence-electron chi connectivity index (χ3n) is 3.86. The largest absolute Gasteiger partial charge is 0.502 e. The average Bonchev–Trinajstić information content (AvgIpc) is 2.67. The Hall–Kier alpha value is -4.08. The number of hydrazone groups is 1. The Labute approximate surface area is 157 Å². The monoisotopic (exact) mass is 381 g/mol. The van der Waals surface area contributed by atoms with Crippen molar-refractivity contribution >= 4 is 28.8 Å². The van der Waals surface area contributed by atoms with Gasteiger partial charge < -0.3 is 10.1 Å². The second-order valence-corrected chi connectivity index (χ2v) is 5.83. The second-order valence-electron chi connectivity index (χ2n) is 5.83. The second kappa shape index (κ2) is 8.08. The molecule has 142 valence electrons. The number of phenolic OH excluding ortho intramolecular Hbond substituents is 1. The standard InChI is InChI=1S/C18H15N5O5/c24-16-7-5-11(9-15(16)23(27)28)10-19-22-17(25)8-6-14-18(26)21-13-4-2-1-3-12(13)20-14/h1-5,7,9-10,24H,6,8H2,(H,21,26)(H,22,25)/b19-10-. The molecule has 0 aliphatic carbocycles. The van der Waals surface area contributed by atoms with Crippen LogP contribution in [0.4, 0.5) is 5.69 Å². The molecule has 10 nitrogen and oxygen atoms in total. The number of hydrogen-bond donors (Lipinski definition) is 3. The Kier molecular flexibility index (Phi) is 5.40. The van der Waals surface area contributed by atoms with Gasteiger partial charge in [-0.25, -0.2) is 10.4 Å². The lowest BCUT2D eigenvalue weighted by molar-refractivity contribution is -0.385. The number of carbonyl (C=O) groups is 1. The van der Waals surface area contributed by atoms with Crippen molar-refractivity contribution in [3.63, 3.8) is 0 Å². The van der Waals surface area contributed by atoms with Crippen LogP contribution in [0.2, 0.25) is 0 Å². The van der Waals surface area contributed by atoms with Crippen molar-refractivity contribution < 1.29 is 14.8 Å². The third kappa shape index (κ3) is 4.36. The molecule has 10 heteroatoms. The lowest BCUT2D eigenvalue weighted by Crippen LogP contribution is -2.21. The molecule has 0 bridgehead atoms. The minimum atomic E-state index is -0.723. The number of aromatic nitrogens is 2. The minimum Gasteiger partial charge on any atom is -0.502 e. The number of carbonyl (C=O) groups excluding carboxylic acids is 1. The summed E-state index contributed by atoms with van der Waals surface area (Å²) in [6, 6.07) is 10.8. The number of aryl methyl sites for hydroxylation is 1. The molecule has 3 rings (SSSR count). The zero-order valence-corrected chi connectivity index (χ0v) is 14.5. The summed E-state index contributed by atoms with van der Waals surface area (Å²) in [6.45, 7) is 0. The molecule has 2 aromatic carbocycles. The van der Waals surface area contributed by atoms with Gasteiger partial charge in [-0.05, 0) is 24.3 Å². The highest BCUT2D eigenvalue weighted by atomic mass is 16.6. The van der Waals surface area contributed by atoms with Crippen LogP contribution in [0.15, 0.2) is 52.4 Å². The molecule has 3 N–H and O–H groups in total. The van der Waals surface area contributed by atoms with Crippen LogP contribution in [0, 0.1) is 10.1 Å². The summed E-state index contributed by atoms with van der Waals surface area (Å²) in [5, 5.41) is 23.9. The van der Waals surface area contributed by atoms with E-state index in [4.69, 9.17) is 0 Å². The molecule has 0 saturated carbocycles. The predicted molar refractivity (Wildman–Crippen MR) is 101 cm³/mol. The maximum absolute atomic E-state index is 12.0. The van der Waals surface area contributed by atoms with Gasteiger partial charge in [-0.3, -0.25) is 19.7 Å². The summed E-state index contributed by atoms with van der Waals surface area (Å²) in [4.78, 5) is 40.9. The van der Waals surface area contributed by atoms with Gasteiger partial charge in [0.05, 0.1) is 22.2 Å². The van der Waals surface area contributed by atoms with E-state index in [2.05, 4.69) is 20.5 Å². The first-order valence-electron chi connectivity index (χ1n) is 8.21. The molecular formula is C18H15N5O5. The number of rotatable bonds is 6. The SMILES string of the molecule is O=C(CCc1nc2ccccc2[nH]c1=O)N/N=C\c1ccc(O)c([N+](=O)[O-])c1. The fourth-order valence-electron chi connectivity index (χ4n) is 2.47. The maximum atomic E-state index is 12.0. The van der Waals surface area contributed by atoms with Gasteiger partial charge >= 0.3 is 5.69 Å². The number of hydrogen-bond acceptors (Lipinski definition) is 7. The molecule has 1 heterocycles. The number of benzene rings is 2. The van der Waals surface area contributed by atoms with Crippen LogP contribution in [0.1, 0.15) is 17.7 Å². The van der Waals surface area contributed by atoms with E-state index in [0.29, 0.717) is 16.6 Å². The number of aromatic hydroxyl groups is 1. The summed E-state index contributed by atoms with van der Waals surface area (Å²) < 4.78 is 0. The number of H-pyrrole nitrogens is 1. The van der Waals surface area contributed by atoms with E-state index >= 15 is 0 Å². The van der Waals surface area contributed by atoms with E-state index in [1.807, 2.05) is 0 Å². The molecule has 1 aromatic heterocycles. The highest BCUT2D eigenvalue weighted by molar-refractivity contribution is 5.83. The zero-order valence-electron chi connectivity index (χ0n) is 14.5. The number of nitro groups is 1. The summed E-state index contributed by atoms with van der Waals surface area (Å²) >= 11 is 0. The summed E-state index contributed by atoms with van der Waals surface area (Å²) in [5.74, 6) is -0.904. The Morgan fingerprint density at radius 1 is 1.32 bits per heavy atom. The number of para-hydroxylation sites is 2. The van der Waals surface area contributed by atoms with E-state index < -0.39 is 22.3 Å². The number of amides is 1. The number of nitrogens with zero attached hydrogens (tertiary/aromatic N) is 3. The Bertz CT molecular complexity index is 1140. The number of fused-ring (bicyclic) bond motifs is 1. The first kappa shape index (κ1) is 18.7. The first-order chi connectivity index (χ1) is 13.4. The normalized spacial score (nSPS) is 11.0. The number of phenols is 1. The fraction of sp³-hybridized carbons (Fsp3) is 0.111. The molecule has 28 heavy (non-hydrogen) atoms. The summed E-state index contributed by atoms with van der Waals surface area (Å²) in [6.07, 6.45) is 1.33. The van der Waals surface area contributed by atoms with Crippen molar-refractivity contribution in [2.24, 2.45) is 5.10 Å². The van der Waals surface area contributed by atoms with E-state index in [1.54, 1.807) is 24.3 Å². The van der Waals surface area contributed by atoms with Crippen molar-refractivity contribution in [3.05, 3.63) is 74.2 Å². The molecule has 0 saturated heterocycles. The number of aromatic amines is 1. The number of nitro benzene ring substituents is 1. The van der Waals surface area contributed by atoms with E-state index in [0.717, 1.165) is 6.07 Å². The van der Waals surface area contributed by atoms with Crippen molar-refractivity contribution in [2.75, 3.05) is 0 Å². The van der Waals surface area contributed by atoms with Crippen LogP contribution in [0.25, 0.3) is 11.0 Å². The highest BCUT2D eigenvalue weighted by Crippen LogP contribution is 2.25. The highest BCUT2D eigenvalue weighted by Gasteiger charge is 2.13. The average molecular weight is 381 g/mol. The summed E-state index contributed by atoms with van der Waals surface area (Å²) in [7, 11) is 0. The molecule has 0 aliphatic rings. The van der Waals surface area contributed by atoms with Crippen molar-refractivity contribution in [3.8, 4) is 5.75 Å². The van der Waals surface area contributed by atoms with Gasteiger partial charge in [-0.2, -0.15) is 5.10 Å². The summed E-state index contributed by atoms with van der Waals surface area (Å²) in [5.41, 5.74) is 3.28. The van der Waals surface area contributed by atoms with Gasteiger partial charge in [0, 0.05) is 24.5 Å². The first-order valence-corrected chi connectivity index (χ1v) is 8.21. The molecule has 1 amide bonds. The smallest absolute Gasteiger partial charge is 0.311 e. The van der Waals surface area contributed by atoms with E-state index in [-0.39, 0.29) is 24.1 Å². The molecule has 0 unspecified atom stereocenters. The predicted octanol–water partition coefficient (Wildman–Crippen LogP) is 1.62. The fourth-order valence-corrected chi connectivity index (χ4v) is 2.47. The Morgan fingerprint density at radius 3 is 2.89 bits per heavy atom. The van der Waals surface area contributed by atoms with Gasteiger partial charge in [0.1, 0.15) is 5.69 Å². The molecule has 0 radical (unpaired) electrons. The molecule has 0 atom stereocenters.